The summed E-state index contributed by atoms with van der Waals surface area (Å²) in [6.45, 7) is 4.18. The number of ether oxygens (including phenoxy) is 1. The van der Waals surface area contributed by atoms with Crippen molar-refractivity contribution in [2.45, 2.75) is 32.3 Å². The van der Waals surface area contributed by atoms with E-state index in [1.165, 1.54) is 6.42 Å². The number of rotatable bonds is 3. The molecule has 1 aliphatic rings. The summed E-state index contributed by atoms with van der Waals surface area (Å²) in [5.74, 6) is 0.890. The molecule has 0 spiro atoms. The Balaban J connectivity index is 1.91. The first-order valence-corrected chi connectivity index (χ1v) is 5.71. The van der Waals surface area contributed by atoms with E-state index in [2.05, 4.69) is 17.2 Å². The van der Waals surface area contributed by atoms with Crippen LogP contribution in [0, 0.1) is 0 Å². The normalized spacial score (nSPS) is 21.3. The standard InChI is InChI=1S/C12H18N2O/c1-2-10-5-6-12(9-14-10)15-11-4-3-7-13-8-11/h5-6,9,11,13H,2-4,7-8H2,1H3/t11-/m0/s1. The fourth-order valence-corrected chi connectivity index (χ4v) is 1.80. The Morgan fingerprint density at radius 1 is 1.53 bits per heavy atom. The van der Waals surface area contributed by atoms with Crippen LogP contribution in [0.5, 0.6) is 5.75 Å². The van der Waals surface area contributed by atoms with Crippen LogP contribution in [0.2, 0.25) is 0 Å². The summed E-state index contributed by atoms with van der Waals surface area (Å²) in [6.07, 6.45) is 5.46. The monoisotopic (exact) mass is 206 g/mol. The lowest BCUT2D eigenvalue weighted by atomic mass is 10.1. The van der Waals surface area contributed by atoms with Crippen molar-refractivity contribution in [2.24, 2.45) is 0 Å². The summed E-state index contributed by atoms with van der Waals surface area (Å²) < 4.78 is 5.83. The van der Waals surface area contributed by atoms with Crippen LogP contribution in [0.1, 0.15) is 25.5 Å². The zero-order chi connectivity index (χ0) is 10.5. The number of pyridine rings is 1. The highest BCUT2D eigenvalue weighted by Crippen LogP contribution is 2.14. The number of aromatic nitrogens is 1. The van der Waals surface area contributed by atoms with Gasteiger partial charge in [0.2, 0.25) is 0 Å². The molecule has 3 heteroatoms. The van der Waals surface area contributed by atoms with Crippen LogP contribution in [0.3, 0.4) is 0 Å². The molecule has 1 aromatic heterocycles. The smallest absolute Gasteiger partial charge is 0.138 e. The average molecular weight is 206 g/mol. The van der Waals surface area contributed by atoms with Crippen LogP contribution < -0.4 is 10.1 Å². The van der Waals surface area contributed by atoms with Gasteiger partial charge in [-0.05, 0) is 37.9 Å². The molecule has 0 unspecified atom stereocenters. The second kappa shape index (κ2) is 5.12. The number of hydrogen-bond acceptors (Lipinski definition) is 3. The van der Waals surface area contributed by atoms with Crippen molar-refractivity contribution in [3.8, 4) is 5.75 Å². The van der Waals surface area contributed by atoms with Gasteiger partial charge in [-0.2, -0.15) is 0 Å². The zero-order valence-corrected chi connectivity index (χ0v) is 9.20. The first kappa shape index (κ1) is 10.4. The molecule has 1 aliphatic heterocycles. The third-order valence-electron chi connectivity index (χ3n) is 2.71. The summed E-state index contributed by atoms with van der Waals surface area (Å²) in [4.78, 5) is 4.32. The maximum atomic E-state index is 5.83. The molecule has 1 saturated heterocycles. The minimum Gasteiger partial charge on any atom is -0.487 e. The average Bonchev–Trinajstić information content (AvgIpc) is 2.31. The van der Waals surface area contributed by atoms with E-state index in [1.54, 1.807) is 0 Å². The van der Waals surface area contributed by atoms with Crippen molar-refractivity contribution in [3.05, 3.63) is 24.0 Å². The number of hydrogen-bond donors (Lipinski definition) is 1. The van der Waals surface area contributed by atoms with Gasteiger partial charge in [-0.1, -0.05) is 6.92 Å². The van der Waals surface area contributed by atoms with Crippen molar-refractivity contribution in [1.29, 1.82) is 0 Å². The highest BCUT2D eigenvalue weighted by molar-refractivity contribution is 5.20. The van der Waals surface area contributed by atoms with Gasteiger partial charge in [-0.3, -0.25) is 4.98 Å². The molecule has 0 radical (unpaired) electrons. The van der Waals surface area contributed by atoms with Gasteiger partial charge < -0.3 is 10.1 Å². The Morgan fingerprint density at radius 3 is 3.07 bits per heavy atom. The first-order valence-electron chi connectivity index (χ1n) is 5.71. The lowest BCUT2D eigenvalue weighted by Gasteiger charge is -2.23. The number of piperidine rings is 1. The zero-order valence-electron chi connectivity index (χ0n) is 9.20. The van der Waals surface area contributed by atoms with E-state index in [1.807, 2.05) is 18.3 Å². The predicted octanol–water partition coefficient (Wildman–Crippen LogP) is 1.77. The minimum absolute atomic E-state index is 0.313. The molecule has 0 saturated carbocycles. The van der Waals surface area contributed by atoms with Gasteiger partial charge in [0.1, 0.15) is 11.9 Å². The van der Waals surface area contributed by atoms with Crippen molar-refractivity contribution in [3.63, 3.8) is 0 Å². The first-order chi connectivity index (χ1) is 7.38. The van der Waals surface area contributed by atoms with E-state index in [0.717, 1.165) is 37.4 Å². The van der Waals surface area contributed by atoms with Crippen LogP contribution in [-0.2, 0) is 6.42 Å². The van der Waals surface area contributed by atoms with Crippen molar-refractivity contribution >= 4 is 0 Å². The van der Waals surface area contributed by atoms with Gasteiger partial charge in [0.25, 0.3) is 0 Å². The third-order valence-corrected chi connectivity index (χ3v) is 2.71. The topological polar surface area (TPSA) is 34.1 Å². The summed E-state index contributed by atoms with van der Waals surface area (Å²) in [5, 5.41) is 3.33. The van der Waals surface area contributed by atoms with Crippen LogP contribution >= 0.6 is 0 Å². The predicted molar refractivity (Wildman–Crippen MR) is 60.1 cm³/mol. The summed E-state index contributed by atoms with van der Waals surface area (Å²) in [7, 11) is 0. The SMILES string of the molecule is CCc1ccc(O[C@H]2CCCNC2)cn1. The maximum Gasteiger partial charge on any atom is 0.138 e. The Morgan fingerprint density at radius 2 is 2.47 bits per heavy atom. The summed E-state index contributed by atoms with van der Waals surface area (Å²) in [6, 6.07) is 4.05. The van der Waals surface area contributed by atoms with Crippen LogP contribution in [0.15, 0.2) is 18.3 Å². The largest absolute Gasteiger partial charge is 0.487 e. The Bertz CT molecular complexity index is 291. The maximum absolute atomic E-state index is 5.83. The van der Waals surface area contributed by atoms with Crippen LogP contribution in [0.4, 0.5) is 0 Å². The van der Waals surface area contributed by atoms with Crippen molar-refractivity contribution in [1.82, 2.24) is 10.3 Å². The molecule has 15 heavy (non-hydrogen) atoms. The van der Waals surface area contributed by atoms with Crippen molar-refractivity contribution in [2.75, 3.05) is 13.1 Å². The number of aryl methyl sites for hydroxylation is 1. The van der Waals surface area contributed by atoms with E-state index in [-0.39, 0.29) is 0 Å². The Kier molecular flexibility index (Phi) is 3.56. The van der Waals surface area contributed by atoms with Gasteiger partial charge in [-0.25, -0.2) is 0 Å². The van der Waals surface area contributed by atoms with Gasteiger partial charge in [0.15, 0.2) is 0 Å². The molecule has 82 valence electrons. The minimum atomic E-state index is 0.313. The lowest BCUT2D eigenvalue weighted by Crippen LogP contribution is -2.37. The summed E-state index contributed by atoms with van der Waals surface area (Å²) >= 11 is 0. The van der Waals surface area contributed by atoms with Gasteiger partial charge in [0.05, 0.1) is 6.20 Å². The van der Waals surface area contributed by atoms with E-state index >= 15 is 0 Å². The molecule has 1 atom stereocenters. The molecule has 1 N–H and O–H groups in total. The fraction of sp³-hybridized carbons (Fsp3) is 0.583. The molecular weight excluding hydrogens is 188 g/mol. The van der Waals surface area contributed by atoms with Gasteiger partial charge >= 0.3 is 0 Å². The Hall–Kier alpha value is -1.09. The second-order valence-electron chi connectivity index (χ2n) is 3.93. The van der Waals surface area contributed by atoms with Crippen LogP contribution in [-0.4, -0.2) is 24.2 Å². The molecule has 0 aliphatic carbocycles. The highest BCUT2D eigenvalue weighted by atomic mass is 16.5. The van der Waals surface area contributed by atoms with E-state index in [9.17, 15) is 0 Å². The molecule has 3 nitrogen and oxygen atoms in total. The van der Waals surface area contributed by atoms with Crippen LogP contribution in [0.25, 0.3) is 0 Å². The van der Waals surface area contributed by atoms with Gasteiger partial charge in [-0.15, -0.1) is 0 Å². The molecule has 2 rings (SSSR count). The van der Waals surface area contributed by atoms with E-state index < -0.39 is 0 Å². The molecular formula is C12H18N2O. The van der Waals surface area contributed by atoms with E-state index in [4.69, 9.17) is 4.74 Å². The molecule has 0 aromatic carbocycles. The number of nitrogens with one attached hydrogen (secondary N) is 1. The summed E-state index contributed by atoms with van der Waals surface area (Å²) in [5.41, 5.74) is 1.11. The third kappa shape index (κ3) is 2.93. The lowest BCUT2D eigenvalue weighted by molar-refractivity contribution is 0.166. The number of nitrogens with zero attached hydrogens (tertiary/aromatic N) is 1. The molecule has 1 aromatic rings. The van der Waals surface area contributed by atoms with Gasteiger partial charge in [0, 0.05) is 12.2 Å². The molecule has 0 amide bonds. The van der Waals surface area contributed by atoms with Crippen molar-refractivity contribution < 1.29 is 4.74 Å². The Labute approximate surface area is 90.9 Å². The van der Waals surface area contributed by atoms with E-state index in [0.29, 0.717) is 6.10 Å². The fourth-order valence-electron chi connectivity index (χ4n) is 1.80. The molecule has 0 bridgehead atoms. The molecule has 2 heterocycles. The second-order valence-corrected chi connectivity index (χ2v) is 3.93. The highest BCUT2D eigenvalue weighted by Gasteiger charge is 2.14. The quantitative estimate of drug-likeness (QED) is 0.818. The molecule has 1 fully saturated rings.